The lowest BCUT2D eigenvalue weighted by Crippen LogP contribution is -2.12. The average molecular weight is 216 g/mol. The fourth-order valence-electron chi connectivity index (χ4n) is 2.32. The molecule has 1 aromatic carbocycles. The second kappa shape index (κ2) is 3.93. The number of carbonyl (C=O) groups is 1. The highest BCUT2D eigenvalue weighted by Crippen LogP contribution is 2.30. The number of aryl methyl sites for hydroxylation is 2. The van der Waals surface area contributed by atoms with Crippen molar-refractivity contribution in [1.29, 1.82) is 0 Å². The number of carbonyl (C=O) groups excluding carboxylic acids is 1. The molecule has 1 fully saturated rings. The first kappa shape index (κ1) is 9.88. The molecule has 0 radical (unpaired) electrons. The van der Waals surface area contributed by atoms with Gasteiger partial charge in [0.2, 0.25) is 0 Å². The third-order valence-electron chi connectivity index (χ3n) is 3.48. The van der Waals surface area contributed by atoms with E-state index in [4.69, 9.17) is 4.74 Å². The Balaban J connectivity index is 1.63. The van der Waals surface area contributed by atoms with E-state index in [0.717, 1.165) is 25.0 Å². The quantitative estimate of drug-likeness (QED) is 0.773. The van der Waals surface area contributed by atoms with E-state index in [2.05, 4.69) is 12.1 Å². The van der Waals surface area contributed by atoms with Crippen LogP contribution in [0, 0.1) is 5.92 Å². The smallest absolute Gasteiger partial charge is 0.173 e. The Morgan fingerprint density at radius 2 is 2.06 bits per heavy atom. The monoisotopic (exact) mass is 216 g/mol. The SMILES string of the molecule is O=C(COc1ccc2c(c1)CCC2)C1CC1. The molecule has 0 heterocycles. The van der Waals surface area contributed by atoms with E-state index >= 15 is 0 Å². The van der Waals surface area contributed by atoms with Crippen molar-refractivity contribution in [2.24, 2.45) is 5.92 Å². The van der Waals surface area contributed by atoms with E-state index in [-0.39, 0.29) is 12.4 Å². The van der Waals surface area contributed by atoms with Crippen LogP contribution >= 0.6 is 0 Å². The molecule has 0 amide bonds. The highest BCUT2D eigenvalue weighted by atomic mass is 16.5. The van der Waals surface area contributed by atoms with Gasteiger partial charge in [-0.2, -0.15) is 0 Å². The minimum atomic E-state index is 0.253. The molecule has 2 nitrogen and oxygen atoms in total. The van der Waals surface area contributed by atoms with Crippen molar-refractivity contribution in [1.82, 2.24) is 0 Å². The van der Waals surface area contributed by atoms with Crippen molar-refractivity contribution in [2.45, 2.75) is 32.1 Å². The molecular formula is C14H16O2. The topological polar surface area (TPSA) is 26.3 Å². The Hall–Kier alpha value is -1.31. The second-order valence-corrected chi connectivity index (χ2v) is 4.81. The molecule has 0 bridgehead atoms. The zero-order chi connectivity index (χ0) is 11.0. The summed E-state index contributed by atoms with van der Waals surface area (Å²) in [5, 5.41) is 0. The van der Waals surface area contributed by atoms with Gasteiger partial charge in [-0.25, -0.2) is 0 Å². The molecule has 0 spiro atoms. The first-order chi connectivity index (χ1) is 7.83. The van der Waals surface area contributed by atoms with Gasteiger partial charge in [0, 0.05) is 5.92 Å². The van der Waals surface area contributed by atoms with Crippen molar-refractivity contribution in [3.63, 3.8) is 0 Å². The van der Waals surface area contributed by atoms with Gasteiger partial charge in [-0.3, -0.25) is 4.79 Å². The van der Waals surface area contributed by atoms with Crippen LogP contribution in [-0.4, -0.2) is 12.4 Å². The molecule has 0 saturated heterocycles. The van der Waals surface area contributed by atoms with Crippen LogP contribution in [0.4, 0.5) is 0 Å². The molecule has 0 N–H and O–H groups in total. The zero-order valence-electron chi connectivity index (χ0n) is 9.37. The molecule has 0 aliphatic heterocycles. The van der Waals surface area contributed by atoms with Crippen LogP contribution in [0.1, 0.15) is 30.4 Å². The highest BCUT2D eigenvalue weighted by Gasteiger charge is 2.29. The summed E-state index contributed by atoms with van der Waals surface area (Å²) in [6.45, 7) is 0.253. The van der Waals surface area contributed by atoms with Crippen LogP contribution in [0.25, 0.3) is 0 Å². The molecule has 0 atom stereocenters. The maximum atomic E-state index is 11.5. The minimum absolute atomic E-state index is 0.253. The lowest BCUT2D eigenvalue weighted by Gasteiger charge is -2.07. The van der Waals surface area contributed by atoms with E-state index in [1.807, 2.05) is 6.07 Å². The standard InChI is InChI=1S/C14H16O2/c15-14(11-4-5-11)9-16-13-7-6-10-2-1-3-12(10)8-13/h6-8,11H,1-5,9H2. The Morgan fingerprint density at radius 3 is 2.88 bits per heavy atom. The van der Waals surface area contributed by atoms with Crippen molar-refractivity contribution in [2.75, 3.05) is 6.61 Å². The number of fused-ring (bicyclic) bond motifs is 1. The molecule has 0 unspecified atom stereocenters. The number of hydrogen-bond acceptors (Lipinski definition) is 2. The lowest BCUT2D eigenvalue weighted by atomic mass is 10.1. The molecule has 84 valence electrons. The normalized spacial score (nSPS) is 18.2. The molecule has 1 saturated carbocycles. The predicted octanol–water partition coefficient (Wildman–Crippen LogP) is 2.53. The van der Waals surface area contributed by atoms with Crippen molar-refractivity contribution >= 4 is 5.78 Å². The van der Waals surface area contributed by atoms with E-state index in [1.165, 1.54) is 24.0 Å². The maximum Gasteiger partial charge on any atom is 0.173 e. The molecule has 16 heavy (non-hydrogen) atoms. The Kier molecular flexibility index (Phi) is 2.43. The highest BCUT2D eigenvalue weighted by molar-refractivity contribution is 5.84. The first-order valence-corrected chi connectivity index (χ1v) is 6.10. The summed E-state index contributed by atoms with van der Waals surface area (Å²) in [6.07, 6.45) is 5.72. The Labute approximate surface area is 95.6 Å². The summed E-state index contributed by atoms with van der Waals surface area (Å²) in [6, 6.07) is 6.23. The van der Waals surface area contributed by atoms with Gasteiger partial charge in [0.05, 0.1) is 0 Å². The van der Waals surface area contributed by atoms with Crippen LogP contribution in [0.15, 0.2) is 18.2 Å². The van der Waals surface area contributed by atoms with Crippen molar-refractivity contribution in [3.8, 4) is 5.75 Å². The fourth-order valence-corrected chi connectivity index (χ4v) is 2.32. The molecule has 2 aliphatic rings. The fraction of sp³-hybridized carbons (Fsp3) is 0.500. The second-order valence-electron chi connectivity index (χ2n) is 4.81. The molecule has 1 aromatic rings. The van der Waals surface area contributed by atoms with Gasteiger partial charge in [-0.15, -0.1) is 0 Å². The first-order valence-electron chi connectivity index (χ1n) is 6.10. The number of benzene rings is 1. The maximum absolute atomic E-state index is 11.5. The molecule has 2 aliphatic carbocycles. The van der Waals surface area contributed by atoms with Crippen molar-refractivity contribution in [3.05, 3.63) is 29.3 Å². The van der Waals surface area contributed by atoms with E-state index < -0.39 is 0 Å². The van der Waals surface area contributed by atoms with Crippen LogP contribution in [-0.2, 0) is 17.6 Å². The molecular weight excluding hydrogens is 200 g/mol. The van der Waals surface area contributed by atoms with Crippen LogP contribution < -0.4 is 4.74 Å². The van der Waals surface area contributed by atoms with E-state index in [9.17, 15) is 4.79 Å². The third-order valence-corrected chi connectivity index (χ3v) is 3.48. The largest absolute Gasteiger partial charge is 0.486 e. The van der Waals surface area contributed by atoms with Crippen LogP contribution in [0.3, 0.4) is 0 Å². The van der Waals surface area contributed by atoms with E-state index in [0.29, 0.717) is 5.92 Å². The number of rotatable bonds is 4. The third kappa shape index (κ3) is 1.97. The Bertz CT molecular complexity index is 419. The van der Waals surface area contributed by atoms with Gasteiger partial charge in [-0.1, -0.05) is 6.07 Å². The van der Waals surface area contributed by atoms with Gasteiger partial charge >= 0.3 is 0 Å². The lowest BCUT2D eigenvalue weighted by molar-refractivity contribution is -0.122. The van der Waals surface area contributed by atoms with Gasteiger partial charge in [-0.05, 0) is 55.4 Å². The predicted molar refractivity (Wildman–Crippen MR) is 61.7 cm³/mol. The van der Waals surface area contributed by atoms with Gasteiger partial charge in [0.25, 0.3) is 0 Å². The number of ether oxygens (including phenoxy) is 1. The molecule has 2 heteroatoms. The van der Waals surface area contributed by atoms with Crippen LogP contribution in [0.5, 0.6) is 5.75 Å². The summed E-state index contributed by atoms with van der Waals surface area (Å²) in [5.74, 6) is 1.42. The zero-order valence-corrected chi connectivity index (χ0v) is 9.37. The summed E-state index contributed by atoms with van der Waals surface area (Å²) in [7, 11) is 0. The summed E-state index contributed by atoms with van der Waals surface area (Å²) in [4.78, 5) is 11.5. The molecule has 3 rings (SSSR count). The van der Waals surface area contributed by atoms with Gasteiger partial charge in [0.1, 0.15) is 12.4 Å². The summed E-state index contributed by atoms with van der Waals surface area (Å²) in [5.41, 5.74) is 2.84. The number of Topliss-reactive ketones (excluding diaryl/α,β-unsaturated/α-hetero) is 1. The molecule has 0 aromatic heterocycles. The number of ketones is 1. The summed E-state index contributed by atoms with van der Waals surface area (Å²) >= 11 is 0. The van der Waals surface area contributed by atoms with Gasteiger partial charge in [0.15, 0.2) is 5.78 Å². The minimum Gasteiger partial charge on any atom is -0.486 e. The average Bonchev–Trinajstić information content (AvgIpc) is 3.04. The Morgan fingerprint density at radius 1 is 1.25 bits per heavy atom. The summed E-state index contributed by atoms with van der Waals surface area (Å²) < 4.78 is 5.54. The number of hydrogen-bond donors (Lipinski definition) is 0. The van der Waals surface area contributed by atoms with Crippen molar-refractivity contribution < 1.29 is 9.53 Å². The van der Waals surface area contributed by atoms with Gasteiger partial charge < -0.3 is 4.74 Å². The van der Waals surface area contributed by atoms with Crippen LogP contribution in [0.2, 0.25) is 0 Å². The van der Waals surface area contributed by atoms with E-state index in [1.54, 1.807) is 0 Å².